The van der Waals surface area contributed by atoms with Crippen LogP contribution in [0.5, 0.6) is 0 Å². The van der Waals surface area contributed by atoms with Crippen LogP contribution < -0.4 is 5.56 Å². The molecule has 0 saturated carbocycles. The van der Waals surface area contributed by atoms with Gasteiger partial charge < -0.3 is 0 Å². The van der Waals surface area contributed by atoms with Gasteiger partial charge in [0.1, 0.15) is 6.33 Å². The molecule has 0 spiro atoms. The fourth-order valence-corrected chi connectivity index (χ4v) is 2.59. The van der Waals surface area contributed by atoms with E-state index in [0.29, 0.717) is 5.78 Å². The Hall–Kier alpha value is -2.43. The molecular weight excluding hydrogens is 264 g/mol. The number of benzene rings is 1. The molecule has 5 nitrogen and oxygen atoms in total. The summed E-state index contributed by atoms with van der Waals surface area (Å²) in [5.41, 5.74) is 2.82. The molecule has 0 amide bonds. The van der Waals surface area contributed by atoms with Gasteiger partial charge in [0.05, 0.1) is 5.69 Å². The Kier molecular flexibility index (Phi) is 3.56. The summed E-state index contributed by atoms with van der Waals surface area (Å²) in [6, 6.07) is 10.2. The van der Waals surface area contributed by atoms with Gasteiger partial charge in [-0.15, -0.1) is 0 Å². The van der Waals surface area contributed by atoms with Gasteiger partial charge in [-0.05, 0) is 24.3 Å². The van der Waals surface area contributed by atoms with Crippen LogP contribution in [0, 0.1) is 0 Å². The fourth-order valence-electron chi connectivity index (χ4n) is 2.59. The maximum Gasteiger partial charge on any atom is 0.277 e. The SMILES string of the molecule is CC(C)c1c(CCc2ccccc2)nc2nc[nH]n2c1=O. The van der Waals surface area contributed by atoms with Gasteiger partial charge in [-0.1, -0.05) is 44.2 Å². The minimum atomic E-state index is -0.0458. The zero-order valence-electron chi connectivity index (χ0n) is 12.2. The van der Waals surface area contributed by atoms with Crippen molar-refractivity contribution in [2.24, 2.45) is 0 Å². The average molecular weight is 282 g/mol. The summed E-state index contributed by atoms with van der Waals surface area (Å²) >= 11 is 0. The molecule has 0 fully saturated rings. The first-order chi connectivity index (χ1) is 10.2. The van der Waals surface area contributed by atoms with Gasteiger partial charge in [0, 0.05) is 5.56 Å². The summed E-state index contributed by atoms with van der Waals surface area (Å²) in [6.45, 7) is 4.04. The summed E-state index contributed by atoms with van der Waals surface area (Å²) < 4.78 is 1.40. The minimum absolute atomic E-state index is 0.0458. The van der Waals surface area contributed by atoms with Crippen molar-refractivity contribution in [1.82, 2.24) is 19.6 Å². The van der Waals surface area contributed by atoms with Gasteiger partial charge in [0.15, 0.2) is 0 Å². The van der Waals surface area contributed by atoms with Gasteiger partial charge in [-0.3, -0.25) is 9.89 Å². The van der Waals surface area contributed by atoms with Crippen LogP contribution in [0.25, 0.3) is 5.78 Å². The molecular formula is C16H18N4O. The number of fused-ring (bicyclic) bond motifs is 1. The van der Waals surface area contributed by atoms with Crippen molar-refractivity contribution in [3.63, 3.8) is 0 Å². The number of aromatic nitrogens is 4. The van der Waals surface area contributed by atoms with E-state index in [1.54, 1.807) is 0 Å². The molecule has 0 aliphatic rings. The fraction of sp³-hybridized carbons (Fsp3) is 0.312. The molecule has 0 unspecified atom stereocenters. The Morgan fingerprint density at radius 2 is 1.95 bits per heavy atom. The lowest BCUT2D eigenvalue weighted by Gasteiger charge is -2.11. The highest BCUT2D eigenvalue weighted by Gasteiger charge is 2.16. The van der Waals surface area contributed by atoms with Crippen molar-refractivity contribution in [3.05, 3.63) is 63.8 Å². The molecule has 0 radical (unpaired) electrons. The number of hydrogen-bond donors (Lipinski definition) is 1. The zero-order valence-corrected chi connectivity index (χ0v) is 12.2. The Balaban J connectivity index is 2.00. The second-order valence-electron chi connectivity index (χ2n) is 5.44. The maximum atomic E-state index is 12.5. The number of aryl methyl sites for hydroxylation is 2. The molecule has 1 aromatic carbocycles. The van der Waals surface area contributed by atoms with E-state index in [9.17, 15) is 4.79 Å². The van der Waals surface area contributed by atoms with E-state index in [4.69, 9.17) is 0 Å². The van der Waals surface area contributed by atoms with Gasteiger partial charge in [-0.25, -0.2) is 9.97 Å². The molecule has 2 heterocycles. The summed E-state index contributed by atoms with van der Waals surface area (Å²) in [7, 11) is 0. The number of H-pyrrole nitrogens is 1. The Morgan fingerprint density at radius 1 is 1.19 bits per heavy atom. The molecule has 1 N–H and O–H groups in total. The van der Waals surface area contributed by atoms with E-state index in [2.05, 4.69) is 27.2 Å². The standard InChI is InChI=1S/C16H18N4O/c1-11(2)14-13(9-8-12-6-4-3-5-7-12)19-16-17-10-18-20(16)15(14)21/h3-7,10-11H,8-9H2,1-2H3,(H,17,18,19). The van der Waals surface area contributed by atoms with Crippen molar-refractivity contribution in [1.29, 1.82) is 0 Å². The monoisotopic (exact) mass is 282 g/mol. The van der Waals surface area contributed by atoms with Crippen LogP contribution in [0.1, 0.15) is 36.6 Å². The van der Waals surface area contributed by atoms with E-state index in [1.165, 1.54) is 16.4 Å². The molecule has 108 valence electrons. The summed E-state index contributed by atoms with van der Waals surface area (Å²) in [4.78, 5) is 21.2. The molecule has 21 heavy (non-hydrogen) atoms. The summed E-state index contributed by atoms with van der Waals surface area (Å²) in [5, 5.41) is 2.81. The van der Waals surface area contributed by atoms with Gasteiger partial charge in [-0.2, -0.15) is 4.52 Å². The highest BCUT2D eigenvalue weighted by atomic mass is 16.1. The number of hydrogen-bond acceptors (Lipinski definition) is 3. The third kappa shape index (κ3) is 2.59. The van der Waals surface area contributed by atoms with Gasteiger partial charge >= 0.3 is 0 Å². The van der Waals surface area contributed by atoms with E-state index in [0.717, 1.165) is 24.1 Å². The number of aromatic amines is 1. The Bertz CT molecular complexity index is 802. The van der Waals surface area contributed by atoms with Crippen LogP contribution in [-0.2, 0) is 12.8 Å². The summed E-state index contributed by atoms with van der Waals surface area (Å²) in [5.74, 6) is 0.573. The molecule has 0 aliphatic carbocycles. The normalized spacial score (nSPS) is 11.4. The predicted molar refractivity (Wildman–Crippen MR) is 81.5 cm³/mol. The van der Waals surface area contributed by atoms with Crippen LogP contribution in [-0.4, -0.2) is 19.6 Å². The van der Waals surface area contributed by atoms with Crippen LogP contribution >= 0.6 is 0 Å². The predicted octanol–water partition coefficient (Wildman–Crippen LogP) is 2.33. The lowest BCUT2D eigenvalue weighted by atomic mass is 9.98. The molecule has 0 bridgehead atoms. The van der Waals surface area contributed by atoms with Crippen molar-refractivity contribution < 1.29 is 0 Å². The van der Waals surface area contributed by atoms with Crippen LogP contribution in [0.15, 0.2) is 41.5 Å². The molecule has 2 aromatic heterocycles. The van der Waals surface area contributed by atoms with E-state index in [-0.39, 0.29) is 11.5 Å². The lowest BCUT2D eigenvalue weighted by Crippen LogP contribution is -2.24. The third-order valence-corrected chi connectivity index (χ3v) is 3.62. The molecule has 0 atom stereocenters. The Morgan fingerprint density at radius 3 is 2.67 bits per heavy atom. The number of rotatable bonds is 4. The maximum absolute atomic E-state index is 12.5. The topological polar surface area (TPSA) is 63.1 Å². The first-order valence-electron chi connectivity index (χ1n) is 7.15. The highest BCUT2D eigenvalue weighted by Crippen LogP contribution is 2.16. The second kappa shape index (κ2) is 5.52. The van der Waals surface area contributed by atoms with Crippen molar-refractivity contribution in [3.8, 4) is 0 Å². The first kappa shape index (κ1) is 13.5. The van der Waals surface area contributed by atoms with Crippen molar-refractivity contribution in [2.45, 2.75) is 32.6 Å². The molecule has 3 rings (SSSR count). The lowest BCUT2D eigenvalue weighted by molar-refractivity contribution is 0.752. The van der Waals surface area contributed by atoms with E-state index >= 15 is 0 Å². The van der Waals surface area contributed by atoms with Crippen molar-refractivity contribution >= 4 is 5.78 Å². The van der Waals surface area contributed by atoms with Crippen molar-refractivity contribution in [2.75, 3.05) is 0 Å². The average Bonchev–Trinajstić information content (AvgIpc) is 2.94. The third-order valence-electron chi connectivity index (χ3n) is 3.62. The van der Waals surface area contributed by atoms with E-state index < -0.39 is 0 Å². The smallest absolute Gasteiger partial charge is 0.277 e. The van der Waals surface area contributed by atoms with Gasteiger partial charge in [0.2, 0.25) is 0 Å². The Labute approximate surface area is 122 Å². The minimum Gasteiger partial charge on any atom is -0.278 e. The zero-order chi connectivity index (χ0) is 14.8. The summed E-state index contributed by atoms with van der Waals surface area (Å²) in [6.07, 6.45) is 3.11. The van der Waals surface area contributed by atoms with Crippen LogP contribution in [0.4, 0.5) is 0 Å². The highest BCUT2D eigenvalue weighted by molar-refractivity contribution is 5.33. The molecule has 3 aromatic rings. The van der Waals surface area contributed by atoms with E-state index in [1.807, 2.05) is 32.0 Å². The molecule has 0 aliphatic heterocycles. The van der Waals surface area contributed by atoms with Gasteiger partial charge in [0.25, 0.3) is 11.3 Å². The second-order valence-corrected chi connectivity index (χ2v) is 5.44. The van der Waals surface area contributed by atoms with Crippen LogP contribution in [0.3, 0.4) is 0 Å². The molecule has 5 heteroatoms. The van der Waals surface area contributed by atoms with Crippen LogP contribution in [0.2, 0.25) is 0 Å². The number of nitrogens with zero attached hydrogens (tertiary/aromatic N) is 3. The largest absolute Gasteiger partial charge is 0.278 e. The number of nitrogens with one attached hydrogen (secondary N) is 1. The molecule has 0 saturated heterocycles. The first-order valence-corrected chi connectivity index (χ1v) is 7.15. The quantitative estimate of drug-likeness (QED) is 0.798.